The minimum atomic E-state index is -0.0723. The summed E-state index contributed by atoms with van der Waals surface area (Å²) in [6.07, 6.45) is 0.249. The molecule has 94 valence electrons. The van der Waals surface area contributed by atoms with E-state index in [-0.39, 0.29) is 6.29 Å². The van der Waals surface area contributed by atoms with Crippen LogP contribution in [0.4, 0.5) is 0 Å². The van der Waals surface area contributed by atoms with E-state index in [1.165, 1.54) is 0 Å². The third kappa shape index (κ3) is 3.15. The number of ether oxygens (including phenoxy) is 3. The van der Waals surface area contributed by atoms with E-state index in [9.17, 15) is 0 Å². The average molecular weight is 230 g/mol. The monoisotopic (exact) mass is 230 g/mol. The fraction of sp³-hybridized carbons (Fsp3) is 1.00. The number of nitrogens with zero attached hydrogens (tertiary/aromatic N) is 2. The fourth-order valence-electron chi connectivity index (χ4n) is 2.21. The van der Waals surface area contributed by atoms with Crippen LogP contribution in [0.5, 0.6) is 0 Å². The number of hydrogen-bond donors (Lipinski definition) is 0. The Bertz CT molecular complexity index is 213. The predicted molar refractivity (Wildman–Crippen MR) is 59.9 cm³/mol. The SMILES string of the molecule is CCOC1CN(N2CCOC(C)C2)CCO1. The topological polar surface area (TPSA) is 34.2 Å². The molecule has 0 aromatic heterocycles. The molecule has 2 atom stereocenters. The van der Waals surface area contributed by atoms with Crippen molar-refractivity contribution in [3.05, 3.63) is 0 Å². The van der Waals surface area contributed by atoms with Crippen LogP contribution in [0, 0.1) is 0 Å². The van der Waals surface area contributed by atoms with Gasteiger partial charge in [0.1, 0.15) is 0 Å². The molecular weight excluding hydrogens is 208 g/mol. The molecule has 0 amide bonds. The summed E-state index contributed by atoms with van der Waals surface area (Å²) >= 11 is 0. The highest BCUT2D eigenvalue weighted by Crippen LogP contribution is 2.13. The molecule has 0 aliphatic carbocycles. The Morgan fingerprint density at radius 3 is 2.50 bits per heavy atom. The van der Waals surface area contributed by atoms with Crippen LogP contribution in [-0.4, -0.2) is 68.4 Å². The van der Waals surface area contributed by atoms with Crippen molar-refractivity contribution in [3.8, 4) is 0 Å². The Labute approximate surface area is 97.2 Å². The van der Waals surface area contributed by atoms with Crippen molar-refractivity contribution in [2.24, 2.45) is 0 Å². The lowest BCUT2D eigenvalue weighted by molar-refractivity contribution is -0.226. The molecule has 0 aromatic carbocycles. The summed E-state index contributed by atoms with van der Waals surface area (Å²) in [5, 5.41) is 4.70. The first-order chi connectivity index (χ1) is 7.79. The van der Waals surface area contributed by atoms with Gasteiger partial charge in [-0.15, -0.1) is 0 Å². The number of hydrogen-bond acceptors (Lipinski definition) is 5. The van der Waals surface area contributed by atoms with Crippen LogP contribution in [0.1, 0.15) is 13.8 Å². The maximum atomic E-state index is 5.54. The van der Waals surface area contributed by atoms with Crippen molar-refractivity contribution in [2.45, 2.75) is 26.2 Å². The molecule has 0 bridgehead atoms. The summed E-state index contributed by atoms with van der Waals surface area (Å²) < 4.78 is 16.6. The molecule has 0 N–H and O–H groups in total. The van der Waals surface area contributed by atoms with E-state index >= 15 is 0 Å². The summed E-state index contributed by atoms with van der Waals surface area (Å²) in [6, 6.07) is 0. The molecule has 2 rings (SSSR count). The van der Waals surface area contributed by atoms with E-state index in [2.05, 4.69) is 16.9 Å². The molecule has 2 fully saturated rings. The Hall–Kier alpha value is -0.200. The molecule has 2 aliphatic heterocycles. The highest BCUT2D eigenvalue weighted by molar-refractivity contribution is 4.70. The molecule has 0 radical (unpaired) electrons. The van der Waals surface area contributed by atoms with Crippen molar-refractivity contribution in [1.29, 1.82) is 0 Å². The highest BCUT2D eigenvalue weighted by atomic mass is 16.7. The second-order valence-corrected chi connectivity index (χ2v) is 4.26. The van der Waals surface area contributed by atoms with Gasteiger partial charge in [-0.05, 0) is 13.8 Å². The molecule has 2 saturated heterocycles. The molecule has 0 saturated carbocycles. The van der Waals surface area contributed by atoms with Crippen LogP contribution < -0.4 is 0 Å². The van der Waals surface area contributed by atoms with Gasteiger partial charge in [0.2, 0.25) is 0 Å². The standard InChI is InChI=1S/C11H22N2O3/c1-3-14-11-9-13(5-7-16-11)12-4-6-15-10(2)8-12/h10-11H,3-9H2,1-2H3. The van der Waals surface area contributed by atoms with Gasteiger partial charge in [-0.1, -0.05) is 0 Å². The molecule has 0 spiro atoms. The summed E-state index contributed by atoms with van der Waals surface area (Å²) in [7, 11) is 0. The summed E-state index contributed by atoms with van der Waals surface area (Å²) in [4.78, 5) is 0. The second-order valence-electron chi connectivity index (χ2n) is 4.26. The van der Waals surface area contributed by atoms with Crippen LogP contribution in [0.2, 0.25) is 0 Å². The normalized spacial score (nSPS) is 34.1. The third-order valence-corrected chi connectivity index (χ3v) is 2.99. The molecule has 0 aromatic rings. The second kappa shape index (κ2) is 5.93. The van der Waals surface area contributed by atoms with E-state index in [0.29, 0.717) is 12.7 Å². The van der Waals surface area contributed by atoms with Crippen molar-refractivity contribution in [3.63, 3.8) is 0 Å². The Kier molecular flexibility index (Phi) is 4.55. The van der Waals surface area contributed by atoms with Gasteiger partial charge in [-0.25, -0.2) is 10.0 Å². The maximum Gasteiger partial charge on any atom is 0.171 e. The van der Waals surface area contributed by atoms with Gasteiger partial charge >= 0.3 is 0 Å². The molecule has 16 heavy (non-hydrogen) atoms. The molecule has 2 unspecified atom stereocenters. The Morgan fingerprint density at radius 2 is 1.81 bits per heavy atom. The molecule has 5 nitrogen and oxygen atoms in total. The zero-order valence-corrected chi connectivity index (χ0v) is 10.2. The van der Waals surface area contributed by atoms with Crippen molar-refractivity contribution < 1.29 is 14.2 Å². The number of rotatable bonds is 3. The first-order valence-corrected chi connectivity index (χ1v) is 6.14. The maximum absolute atomic E-state index is 5.54. The van der Waals surface area contributed by atoms with Crippen molar-refractivity contribution in [2.75, 3.05) is 46.0 Å². The lowest BCUT2D eigenvalue weighted by Crippen LogP contribution is -2.57. The average Bonchev–Trinajstić information content (AvgIpc) is 2.30. The lowest BCUT2D eigenvalue weighted by atomic mass is 10.3. The van der Waals surface area contributed by atoms with Crippen LogP contribution in [-0.2, 0) is 14.2 Å². The largest absolute Gasteiger partial charge is 0.376 e. The van der Waals surface area contributed by atoms with Crippen LogP contribution in [0.3, 0.4) is 0 Å². The van der Waals surface area contributed by atoms with Gasteiger partial charge in [0.15, 0.2) is 6.29 Å². The summed E-state index contributed by atoms with van der Waals surface area (Å²) in [6.45, 7) is 10.1. The zero-order valence-electron chi connectivity index (χ0n) is 10.2. The van der Waals surface area contributed by atoms with Gasteiger partial charge in [0, 0.05) is 26.2 Å². The van der Waals surface area contributed by atoms with E-state index in [4.69, 9.17) is 14.2 Å². The van der Waals surface area contributed by atoms with Gasteiger partial charge in [-0.3, -0.25) is 0 Å². The quantitative estimate of drug-likeness (QED) is 0.697. The van der Waals surface area contributed by atoms with Crippen molar-refractivity contribution in [1.82, 2.24) is 10.0 Å². The van der Waals surface area contributed by atoms with Crippen LogP contribution >= 0.6 is 0 Å². The van der Waals surface area contributed by atoms with E-state index in [1.807, 2.05) is 6.92 Å². The van der Waals surface area contributed by atoms with E-state index in [0.717, 1.165) is 39.4 Å². The lowest BCUT2D eigenvalue weighted by Gasteiger charge is -2.43. The van der Waals surface area contributed by atoms with Crippen molar-refractivity contribution >= 4 is 0 Å². The minimum absolute atomic E-state index is 0.0723. The molecular formula is C11H22N2O3. The summed E-state index contributed by atoms with van der Waals surface area (Å²) in [5.41, 5.74) is 0. The van der Waals surface area contributed by atoms with Gasteiger partial charge in [-0.2, -0.15) is 0 Å². The van der Waals surface area contributed by atoms with Gasteiger partial charge < -0.3 is 14.2 Å². The number of morpholine rings is 2. The highest BCUT2D eigenvalue weighted by Gasteiger charge is 2.28. The predicted octanol–water partition coefficient (Wildman–Crippen LogP) is 0.317. The minimum Gasteiger partial charge on any atom is -0.376 e. The Balaban J connectivity index is 1.83. The smallest absolute Gasteiger partial charge is 0.171 e. The zero-order chi connectivity index (χ0) is 11.4. The van der Waals surface area contributed by atoms with Crippen LogP contribution in [0.15, 0.2) is 0 Å². The van der Waals surface area contributed by atoms with E-state index in [1.54, 1.807) is 0 Å². The third-order valence-electron chi connectivity index (χ3n) is 2.99. The first-order valence-electron chi connectivity index (χ1n) is 6.14. The molecule has 2 heterocycles. The molecule has 2 aliphatic rings. The van der Waals surface area contributed by atoms with Gasteiger partial charge in [0.25, 0.3) is 0 Å². The van der Waals surface area contributed by atoms with E-state index < -0.39 is 0 Å². The first kappa shape index (κ1) is 12.3. The number of hydrazine groups is 1. The fourth-order valence-corrected chi connectivity index (χ4v) is 2.21. The van der Waals surface area contributed by atoms with Crippen LogP contribution in [0.25, 0.3) is 0 Å². The Morgan fingerprint density at radius 1 is 1.12 bits per heavy atom. The van der Waals surface area contributed by atoms with Gasteiger partial charge in [0.05, 0.1) is 25.9 Å². The molecule has 5 heteroatoms. The summed E-state index contributed by atoms with van der Waals surface area (Å²) in [5.74, 6) is 0.